The zero-order valence-corrected chi connectivity index (χ0v) is 15.6. The van der Waals surface area contributed by atoms with E-state index in [1.165, 1.54) is 11.8 Å². The topological polar surface area (TPSA) is 40.5 Å². The van der Waals surface area contributed by atoms with Crippen molar-refractivity contribution in [3.8, 4) is 0 Å². The predicted octanol–water partition coefficient (Wildman–Crippen LogP) is 4.47. The summed E-state index contributed by atoms with van der Waals surface area (Å²) in [5.41, 5.74) is 0. The van der Waals surface area contributed by atoms with Crippen LogP contribution in [0.2, 0.25) is 5.02 Å². The molecule has 1 unspecified atom stereocenters. The van der Waals surface area contributed by atoms with Crippen LogP contribution < -0.4 is 0 Å². The van der Waals surface area contributed by atoms with Crippen molar-refractivity contribution < 1.29 is 9.90 Å². The number of nitrogens with zero attached hydrogens (tertiary/aromatic N) is 1. The Kier molecular flexibility index (Phi) is 6.22. The maximum atomic E-state index is 12.4. The third kappa shape index (κ3) is 4.54. The minimum absolute atomic E-state index is 0.166. The lowest BCUT2D eigenvalue weighted by molar-refractivity contribution is -0.130. The fraction of sp³-hybridized carbons (Fsp3) is 0.389. The highest BCUT2D eigenvalue weighted by Gasteiger charge is 2.28. The molecule has 2 aromatic rings. The molecule has 0 radical (unpaired) electrons. The van der Waals surface area contributed by atoms with Gasteiger partial charge in [-0.05, 0) is 54.5 Å². The number of hydrogen-bond acceptors (Lipinski definition) is 4. The van der Waals surface area contributed by atoms with Crippen LogP contribution >= 0.6 is 34.7 Å². The van der Waals surface area contributed by atoms with Gasteiger partial charge in [0.15, 0.2) is 0 Å². The molecule has 1 amide bonds. The van der Waals surface area contributed by atoms with Crippen molar-refractivity contribution in [2.75, 3.05) is 18.8 Å². The van der Waals surface area contributed by atoms with Gasteiger partial charge in [0, 0.05) is 27.9 Å². The quantitative estimate of drug-likeness (QED) is 0.777. The largest absolute Gasteiger partial charge is 0.387 e. The molecule has 0 spiro atoms. The Morgan fingerprint density at radius 1 is 1.29 bits per heavy atom. The van der Waals surface area contributed by atoms with Crippen LogP contribution in [0.1, 0.15) is 23.8 Å². The van der Waals surface area contributed by atoms with Gasteiger partial charge in [-0.3, -0.25) is 4.79 Å². The Bertz CT molecular complexity index is 652. The number of thiophene rings is 1. The molecular formula is C18H20ClNO2S2. The average Bonchev–Trinajstić information content (AvgIpc) is 3.15. The number of piperidine rings is 1. The summed E-state index contributed by atoms with van der Waals surface area (Å²) in [4.78, 5) is 16.4. The van der Waals surface area contributed by atoms with Crippen LogP contribution in [0.25, 0.3) is 0 Å². The maximum Gasteiger partial charge on any atom is 0.232 e. The smallest absolute Gasteiger partial charge is 0.232 e. The van der Waals surface area contributed by atoms with Gasteiger partial charge in [0.1, 0.15) is 0 Å². The first-order chi connectivity index (χ1) is 11.6. The summed E-state index contributed by atoms with van der Waals surface area (Å²) in [5.74, 6) is 0.857. The molecule has 1 aliphatic heterocycles. The number of rotatable bonds is 5. The van der Waals surface area contributed by atoms with E-state index in [4.69, 9.17) is 11.6 Å². The fourth-order valence-corrected chi connectivity index (χ4v) is 4.65. The molecule has 1 fully saturated rings. The van der Waals surface area contributed by atoms with E-state index in [1.54, 1.807) is 11.3 Å². The van der Waals surface area contributed by atoms with Crippen LogP contribution in [0.15, 0.2) is 46.7 Å². The van der Waals surface area contributed by atoms with E-state index in [1.807, 2.05) is 46.7 Å². The number of aliphatic hydroxyl groups excluding tert-OH is 1. The summed E-state index contributed by atoms with van der Waals surface area (Å²) >= 11 is 9.00. The summed E-state index contributed by atoms with van der Waals surface area (Å²) in [6.07, 6.45) is 1.32. The summed E-state index contributed by atoms with van der Waals surface area (Å²) in [6, 6.07) is 11.5. The van der Waals surface area contributed by atoms with Crippen LogP contribution in [0.4, 0.5) is 0 Å². The number of aliphatic hydroxyl groups is 1. The summed E-state index contributed by atoms with van der Waals surface area (Å²) in [5, 5.41) is 13.1. The molecule has 24 heavy (non-hydrogen) atoms. The van der Waals surface area contributed by atoms with E-state index < -0.39 is 6.10 Å². The Morgan fingerprint density at radius 3 is 2.62 bits per heavy atom. The standard InChI is InChI=1S/C18H20ClNO2S2/c19-14-3-5-15(6-4-14)24-12-17(21)20-9-7-13(8-10-20)18(22)16-2-1-11-23-16/h1-6,11,13,18,22H,7-10,12H2. The van der Waals surface area contributed by atoms with Crippen LogP contribution in [0.5, 0.6) is 0 Å². The Hall–Kier alpha value is -1.01. The van der Waals surface area contributed by atoms with Crippen LogP contribution in [-0.4, -0.2) is 34.8 Å². The van der Waals surface area contributed by atoms with Crippen molar-refractivity contribution in [2.24, 2.45) is 5.92 Å². The molecule has 6 heteroatoms. The number of carbonyl (C=O) groups excluding carboxylic acids is 1. The third-order valence-electron chi connectivity index (χ3n) is 4.35. The second-order valence-corrected chi connectivity index (χ2v) is 8.39. The van der Waals surface area contributed by atoms with E-state index in [0.717, 1.165) is 35.7 Å². The van der Waals surface area contributed by atoms with E-state index in [2.05, 4.69) is 0 Å². The minimum Gasteiger partial charge on any atom is -0.387 e. The zero-order chi connectivity index (χ0) is 16.9. The molecule has 1 atom stereocenters. The summed E-state index contributed by atoms with van der Waals surface area (Å²) < 4.78 is 0. The number of amides is 1. The highest BCUT2D eigenvalue weighted by molar-refractivity contribution is 8.00. The molecule has 1 aromatic carbocycles. The molecule has 1 aliphatic rings. The number of halogens is 1. The molecule has 3 nitrogen and oxygen atoms in total. The first kappa shape index (κ1) is 17.8. The molecule has 3 rings (SSSR count). The monoisotopic (exact) mass is 381 g/mol. The highest BCUT2D eigenvalue weighted by atomic mass is 35.5. The predicted molar refractivity (Wildman–Crippen MR) is 101 cm³/mol. The number of hydrogen-bond donors (Lipinski definition) is 1. The molecule has 1 saturated heterocycles. The Balaban J connectivity index is 1.45. The normalized spacial score (nSPS) is 17.0. The maximum absolute atomic E-state index is 12.4. The lowest BCUT2D eigenvalue weighted by Gasteiger charge is -2.34. The second-order valence-electron chi connectivity index (χ2n) is 5.92. The van der Waals surface area contributed by atoms with Crippen molar-refractivity contribution in [1.82, 2.24) is 4.90 Å². The molecular weight excluding hydrogens is 362 g/mol. The third-order valence-corrected chi connectivity index (χ3v) is 6.54. The van der Waals surface area contributed by atoms with Crippen LogP contribution in [0, 0.1) is 5.92 Å². The highest BCUT2D eigenvalue weighted by Crippen LogP contribution is 2.33. The van der Waals surface area contributed by atoms with E-state index in [0.29, 0.717) is 10.8 Å². The van der Waals surface area contributed by atoms with Crippen molar-refractivity contribution in [3.05, 3.63) is 51.7 Å². The summed E-state index contributed by atoms with van der Waals surface area (Å²) in [6.45, 7) is 1.46. The van der Waals surface area contributed by atoms with Crippen molar-refractivity contribution in [2.45, 2.75) is 23.8 Å². The fourth-order valence-electron chi connectivity index (χ4n) is 2.92. The van der Waals surface area contributed by atoms with Gasteiger partial charge >= 0.3 is 0 Å². The Morgan fingerprint density at radius 2 is 2.00 bits per heavy atom. The number of carbonyl (C=O) groups is 1. The van der Waals surface area contributed by atoms with Gasteiger partial charge in [0.05, 0.1) is 11.9 Å². The van der Waals surface area contributed by atoms with E-state index in [9.17, 15) is 9.90 Å². The Labute approximate surface area is 155 Å². The van der Waals surface area contributed by atoms with Crippen LogP contribution in [0.3, 0.4) is 0 Å². The van der Waals surface area contributed by atoms with Gasteiger partial charge in [-0.15, -0.1) is 23.1 Å². The summed E-state index contributed by atoms with van der Waals surface area (Å²) in [7, 11) is 0. The molecule has 1 aromatic heterocycles. The average molecular weight is 382 g/mol. The number of likely N-dealkylation sites (tertiary alicyclic amines) is 1. The van der Waals surface area contributed by atoms with Crippen LogP contribution in [-0.2, 0) is 4.79 Å². The van der Waals surface area contributed by atoms with Gasteiger partial charge < -0.3 is 10.0 Å². The molecule has 0 aliphatic carbocycles. The van der Waals surface area contributed by atoms with Gasteiger partial charge in [0.2, 0.25) is 5.91 Å². The zero-order valence-electron chi connectivity index (χ0n) is 13.2. The lowest BCUT2D eigenvalue weighted by atomic mass is 9.90. The molecule has 128 valence electrons. The molecule has 0 bridgehead atoms. The lowest BCUT2D eigenvalue weighted by Crippen LogP contribution is -2.40. The van der Waals surface area contributed by atoms with Crippen molar-refractivity contribution in [3.63, 3.8) is 0 Å². The van der Waals surface area contributed by atoms with Gasteiger partial charge in [-0.1, -0.05) is 17.7 Å². The second kappa shape index (κ2) is 8.39. The van der Waals surface area contributed by atoms with Crippen molar-refractivity contribution >= 4 is 40.6 Å². The molecule has 0 saturated carbocycles. The van der Waals surface area contributed by atoms with E-state index >= 15 is 0 Å². The molecule has 2 heterocycles. The SMILES string of the molecule is O=C(CSc1ccc(Cl)cc1)N1CCC(C(O)c2cccs2)CC1. The van der Waals surface area contributed by atoms with Crippen molar-refractivity contribution in [1.29, 1.82) is 0 Å². The first-order valence-corrected chi connectivity index (χ1v) is 10.3. The number of thioether (sulfide) groups is 1. The molecule has 1 N–H and O–H groups in total. The minimum atomic E-state index is -0.398. The van der Waals surface area contributed by atoms with E-state index in [-0.39, 0.29) is 11.8 Å². The van der Waals surface area contributed by atoms with Gasteiger partial charge in [-0.25, -0.2) is 0 Å². The first-order valence-electron chi connectivity index (χ1n) is 8.01. The van der Waals surface area contributed by atoms with Gasteiger partial charge in [-0.2, -0.15) is 0 Å². The van der Waals surface area contributed by atoms with Gasteiger partial charge in [0.25, 0.3) is 0 Å². The number of benzene rings is 1.